The van der Waals surface area contributed by atoms with E-state index in [-0.39, 0.29) is 18.6 Å². The first-order chi connectivity index (χ1) is 16.3. The number of allylic oxidation sites excluding steroid dienone is 2. The average Bonchev–Trinajstić information content (AvgIpc) is 3.19. The van der Waals surface area contributed by atoms with Crippen LogP contribution < -0.4 is 5.56 Å². The summed E-state index contributed by atoms with van der Waals surface area (Å²) in [6.07, 6.45) is 4.72. The van der Waals surface area contributed by atoms with E-state index in [4.69, 9.17) is 9.72 Å². The summed E-state index contributed by atoms with van der Waals surface area (Å²) in [5, 5.41) is 11.1. The number of halogens is 1. The minimum absolute atomic E-state index is 0.112. The molecule has 4 heterocycles. The van der Waals surface area contributed by atoms with Crippen LogP contribution in [0.15, 0.2) is 57.8 Å². The minimum atomic E-state index is -1.84. The largest absolute Gasteiger partial charge is 0.458 e. The van der Waals surface area contributed by atoms with E-state index in [1.165, 1.54) is 0 Å². The third-order valence-electron chi connectivity index (χ3n) is 7.05. The third-order valence-corrected chi connectivity index (χ3v) is 7.57. The molecule has 0 spiro atoms. The highest BCUT2D eigenvalue weighted by Gasteiger charge is 2.45. The normalized spacial score (nSPS) is 19.9. The molecule has 2 aliphatic heterocycles. The summed E-state index contributed by atoms with van der Waals surface area (Å²) in [6, 6.07) is 9.86. The summed E-state index contributed by atoms with van der Waals surface area (Å²) in [4.78, 5) is 30.9. The number of cyclic esters (lactones) is 1. The van der Waals surface area contributed by atoms with Crippen LogP contribution in [0.5, 0.6) is 0 Å². The van der Waals surface area contributed by atoms with Crippen molar-refractivity contribution in [2.45, 2.75) is 38.5 Å². The Morgan fingerprint density at radius 3 is 2.68 bits per heavy atom. The number of nitrogens with zero attached hydrogens (tertiary/aromatic N) is 2. The van der Waals surface area contributed by atoms with Gasteiger partial charge in [-0.2, -0.15) is 0 Å². The van der Waals surface area contributed by atoms with Gasteiger partial charge in [0, 0.05) is 15.6 Å². The van der Waals surface area contributed by atoms with E-state index in [1.807, 2.05) is 24.3 Å². The fourth-order valence-electron chi connectivity index (χ4n) is 5.23. The van der Waals surface area contributed by atoms with Crippen molar-refractivity contribution in [1.29, 1.82) is 0 Å². The van der Waals surface area contributed by atoms with Gasteiger partial charge >= 0.3 is 5.97 Å². The number of aromatic nitrogens is 2. The fourth-order valence-corrected chi connectivity index (χ4v) is 5.49. The Hall–Kier alpha value is -3.29. The molecular weight excluding hydrogens is 496 g/mol. The molecule has 1 aromatic carbocycles. The molecule has 3 aliphatic rings. The molecule has 0 saturated heterocycles. The van der Waals surface area contributed by atoms with Gasteiger partial charge in [0.15, 0.2) is 5.60 Å². The lowest BCUT2D eigenvalue weighted by Crippen LogP contribution is -2.44. The van der Waals surface area contributed by atoms with Crippen molar-refractivity contribution in [1.82, 2.24) is 9.55 Å². The molecule has 1 aliphatic carbocycles. The second-order valence-electron chi connectivity index (χ2n) is 8.96. The Morgan fingerprint density at radius 2 is 1.94 bits per heavy atom. The predicted molar refractivity (Wildman–Crippen MR) is 132 cm³/mol. The lowest BCUT2D eigenvalue weighted by molar-refractivity contribution is -0.172. The Kier molecular flexibility index (Phi) is 4.60. The van der Waals surface area contributed by atoms with Gasteiger partial charge in [-0.15, -0.1) is 0 Å². The standard InChI is InChI=1S/C27H21BrN2O4/c1-3-27(33)20-11-22-24-18(12-30(22)25(31)19(20)13-34-26(27)32)23(15-5-7-16(28)8-6-15)17-10-14(2)4-9-21(17)29-24/h4-9,11,33H,2-3,10,12-13H2,1H3. The van der Waals surface area contributed by atoms with E-state index >= 15 is 0 Å². The van der Waals surface area contributed by atoms with Gasteiger partial charge in [-0.05, 0) is 53.8 Å². The zero-order chi connectivity index (χ0) is 23.8. The van der Waals surface area contributed by atoms with Gasteiger partial charge in [0.2, 0.25) is 0 Å². The van der Waals surface area contributed by atoms with Crippen LogP contribution in [-0.4, -0.2) is 20.6 Å². The van der Waals surface area contributed by atoms with Crippen LogP contribution in [0.3, 0.4) is 0 Å². The lowest BCUT2D eigenvalue weighted by atomic mass is 9.85. The molecule has 0 saturated carbocycles. The van der Waals surface area contributed by atoms with E-state index in [9.17, 15) is 14.7 Å². The maximum absolute atomic E-state index is 13.5. The molecule has 6 rings (SSSR count). The van der Waals surface area contributed by atoms with Crippen LogP contribution in [0.1, 0.15) is 41.3 Å². The van der Waals surface area contributed by atoms with E-state index in [1.54, 1.807) is 17.6 Å². The third kappa shape index (κ3) is 2.87. The van der Waals surface area contributed by atoms with E-state index < -0.39 is 11.6 Å². The van der Waals surface area contributed by atoms with E-state index in [0.717, 1.165) is 38.0 Å². The van der Waals surface area contributed by atoms with Crippen molar-refractivity contribution in [3.63, 3.8) is 0 Å². The number of hydrogen-bond donors (Lipinski definition) is 1. The number of ether oxygens (including phenoxy) is 1. The SMILES string of the molecule is C=C1C=Cc2nc3c(c(-c4ccc(Br)cc4)c2C1)Cn1c-3cc2c(c1=O)COC(=O)C2(O)CC. The molecule has 170 valence electrons. The number of pyridine rings is 2. The molecule has 1 N–H and O–H groups in total. The maximum Gasteiger partial charge on any atom is 0.343 e. The van der Waals surface area contributed by atoms with Gasteiger partial charge in [0.1, 0.15) is 6.61 Å². The van der Waals surface area contributed by atoms with E-state index in [2.05, 4.69) is 34.6 Å². The summed E-state index contributed by atoms with van der Waals surface area (Å²) in [5.74, 6) is -0.722. The fraction of sp³-hybridized carbons (Fsp3) is 0.222. The topological polar surface area (TPSA) is 81.4 Å². The van der Waals surface area contributed by atoms with E-state index in [0.29, 0.717) is 35.5 Å². The van der Waals surface area contributed by atoms with Gasteiger partial charge < -0.3 is 14.4 Å². The van der Waals surface area contributed by atoms with Crippen LogP contribution in [0.4, 0.5) is 0 Å². The van der Waals surface area contributed by atoms with Crippen molar-refractivity contribution in [2.75, 3.05) is 0 Å². The molecule has 3 aromatic rings. The zero-order valence-corrected chi connectivity index (χ0v) is 20.1. The van der Waals surface area contributed by atoms with Crippen molar-refractivity contribution in [2.24, 2.45) is 0 Å². The first kappa shape index (κ1) is 21.3. The highest BCUT2D eigenvalue weighted by Crippen LogP contribution is 2.44. The summed E-state index contributed by atoms with van der Waals surface area (Å²) in [7, 11) is 0. The zero-order valence-electron chi connectivity index (χ0n) is 18.5. The van der Waals surface area contributed by atoms with Gasteiger partial charge in [-0.3, -0.25) is 4.79 Å². The van der Waals surface area contributed by atoms with Gasteiger partial charge in [0.05, 0.1) is 29.2 Å². The first-order valence-corrected chi connectivity index (χ1v) is 12.0. The van der Waals surface area contributed by atoms with Crippen LogP contribution in [-0.2, 0) is 34.7 Å². The van der Waals surface area contributed by atoms with Crippen molar-refractivity contribution >= 4 is 28.0 Å². The molecule has 6 nitrogen and oxygen atoms in total. The maximum atomic E-state index is 13.5. The van der Waals surface area contributed by atoms with Crippen LogP contribution in [0.2, 0.25) is 0 Å². The monoisotopic (exact) mass is 516 g/mol. The predicted octanol–water partition coefficient (Wildman–Crippen LogP) is 4.48. The average molecular weight is 517 g/mol. The summed E-state index contributed by atoms with van der Waals surface area (Å²) in [6.45, 7) is 6.06. The Balaban J connectivity index is 1.66. The number of carbonyl (C=O) groups excluding carboxylic acids is 1. The van der Waals surface area contributed by atoms with Gasteiger partial charge in [-0.1, -0.05) is 53.2 Å². The molecule has 1 atom stereocenters. The number of hydrogen-bond acceptors (Lipinski definition) is 5. The number of aliphatic hydroxyl groups is 1. The lowest BCUT2D eigenvalue weighted by Gasteiger charge is -2.31. The van der Waals surface area contributed by atoms with Crippen LogP contribution in [0, 0.1) is 0 Å². The number of esters is 1. The van der Waals surface area contributed by atoms with Crippen LogP contribution in [0.25, 0.3) is 28.6 Å². The molecule has 34 heavy (non-hydrogen) atoms. The number of rotatable bonds is 2. The molecule has 7 heteroatoms. The molecule has 0 radical (unpaired) electrons. The number of fused-ring (bicyclic) bond motifs is 5. The molecule has 2 aromatic heterocycles. The van der Waals surface area contributed by atoms with Crippen molar-refractivity contribution < 1.29 is 14.6 Å². The van der Waals surface area contributed by atoms with Gasteiger partial charge in [-0.25, -0.2) is 9.78 Å². The second kappa shape index (κ2) is 7.35. The minimum Gasteiger partial charge on any atom is -0.458 e. The second-order valence-corrected chi connectivity index (χ2v) is 9.87. The molecule has 1 unspecified atom stereocenters. The molecule has 0 bridgehead atoms. The van der Waals surface area contributed by atoms with Crippen molar-refractivity contribution in [3.05, 3.63) is 91.3 Å². The Bertz CT molecular complexity index is 1520. The molecular formula is C27H21BrN2O4. The molecule has 0 fully saturated rings. The number of carbonyl (C=O) groups is 1. The Morgan fingerprint density at radius 1 is 1.18 bits per heavy atom. The highest BCUT2D eigenvalue weighted by atomic mass is 79.9. The smallest absolute Gasteiger partial charge is 0.343 e. The summed E-state index contributed by atoms with van der Waals surface area (Å²) < 4.78 is 7.85. The summed E-state index contributed by atoms with van der Waals surface area (Å²) in [5.41, 5.74) is 5.83. The quantitative estimate of drug-likeness (QED) is 0.397. The number of benzene rings is 1. The van der Waals surface area contributed by atoms with Gasteiger partial charge in [0.25, 0.3) is 5.56 Å². The Labute approximate surface area is 204 Å². The van der Waals surface area contributed by atoms with Crippen LogP contribution >= 0.6 is 15.9 Å². The summed E-state index contributed by atoms with van der Waals surface area (Å²) >= 11 is 3.51. The highest BCUT2D eigenvalue weighted by molar-refractivity contribution is 9.10. The van der Waals surface area contributed by atoms with Crippen molar-refractivity contribution in [3.8, 4) is 22.5 Å². The molecule has 0 amide bonds. The first-order valence-electron chi connectivity index (χ1n) is 11.2.